The van der Waals surface area contributed by atoms with Gasteiger partial charge < -0.3 is 19.7 Å². The zero-order valence-corrected chi connectivity index (χ0v) is 18.3. The van der Waals surface area contributed by atoms with Crippen LogP contribution in [0, 0.1) is 0 Å². The summed E-state index contributed by atoms with van der Waals surface area (Å²) in [6.45, 7) is 6.93. The van der Waals surface area contributed by atoms with Gasteiger partial charge in [0.2, 0.25) is 0 Å². The van der Waals surface area contributed by atoms with Gasteiger partial charge in [-0.2, -0.15) is 0 Å². The standard InChI is InChI=1S/C23H45N3O2/c1-2-3-4-5-6-9-12-17-25(19-14-20-26-21-16-24-22-26)18-13-10-7-8-11-15-23(27)28/h16,21-23,27-28H,2-15,17-20H2,1H3. The highest BCUT2D eigenvalue weighted by Crippen LogP contribution is 2.10. The fourth-order valence-electron chi connectivity index (χ4n) is 3.72. The van der Waals surface area contributed by atoms with Gasteiger partial charge in [0.25, 0.3) is 0 Å². The second kappa shape index (κ2) is 18.1. The lowest BCUT2D eigenvalue weighted by atomic mass is 10.1. The van der Waals surface area contributed by atoms with E-state index in [1.807, 2.05) is 18.7 Å². The summed E-state index contributed by atoms with van der Waals surface area (Å²) in [7, 11) is 0. The van der Waals surface area contributed by atoms with Crippen molar-refractivity contribution < 1.29 is 10.2 Å². The Morgan fingerprint density at radius 3 is 1.93 bits per heavy atom. The van der Waals surface area contributed by atoms with Gasteiger partial charge in [0.1, 0.15) is 0 Å². The average Bonchev–Trinajstić information content (AvgIpc) is 3.19. The molecule has 1 rings (SSSR count). The number of hydrogen-bond acceptors (Lipinski definition) is 4. The van der Waals surface area contributed by atoms with Crippen LogP contribution in [0.15, 0.2) is 18.7 Å². The van der Waals surface area contributed by atoms with E-state index >= 15 is 0 Å². The number of rotatable bonds is 20. The van der Waals surface area contributed by atoms with Crippen molar-refractivity contribution in [2.45, 2.75) is 110 Å². The molecule has 2 N–H and O–H groups in total. The molecule has 0 aliphatic heterocycles. The number of aromatic nitrogens is 2. The minimum atomic E-state index is -1.13. The number of hydrogen-bond donors (Lipinski definition) is 2. The maximum atomic E-state index is 8.89. The smallest absolute Gasteiger partial charge is 0.151 e. The van der Waals surface area contributed by atoms with Gasteiger partial charge >= 0.3 is 0 Å². The topological polar surface area (TPSA) is 61.5 Å². The Morgan fingerprint density at radius 1 is 0.786 bits per heavy atom. The van der Waals surface area contributed by atoms with Crippen LogP contribution in [0.2, 0.25) is 0 Å². The quantitative estimate of drug-likeness (QED) is 0.241. The molecule has 0 radical (unpaired) electrons. The second-order valence-electron chi connectivity index (χ2n) is 8.15. The van der Waals surface area contributed by atoms with Gasteiger partial charge in [0.15, 0.2) is 6.29 Å². The van der Waals surface area contributed by atoms with Crippen LogP contribution < -0.4 is 0 Å². The first-order valence-electron chi connectivity index (χ1n) is 11.8. The van der Waals surface area contributed by atoms with Gasteiger partial charge in [0.05, 0.1) is 6.33 Å². The molecule has 1 aromatic rings. The Hall–Kier alpha value is -0.910. The number of unbranched alkanes of at least 4 members (excludes halogenated alkanes) is 10. The second-order valence-corrected chi connectivity index (χ2v) is 8.15. The van der Waals surface area contributed by atoms with Gasteiger partial charge in [0, 0.05) is 18.9 Å². The van der Waals surface area contributed by atoms with Gasteiger partial charge in [-0.1, -0.05) is 64.7 Å². The third kappa shape index (κ3) is 15.1. The molecule has 0 saturated heterocycles. The number of aliphatic hydroxyl groups excluding tert-OH is 1. The monoisotopic (exact) mass is 395 g/mol. The number of aryl methyl sites for hydroxylation is 1. The minimum absolute atomic E-state index is 0.513. The molecule has 1 heterocycles. The van der Waals surface area contributed by atoms with Gasteiger partial charge in [-0.15, -0.1) is 0 Å². The Labute approximate surface area is 173 Å². The van der Waals surface area contributed by atoms with Crippen LogP contribution in [0.3, 0.4) is 0 Å². The molecule has 0 spiro atoms. The summed E-state index contributed by atoms with van der Waals surface area (Å²) in [6.07, 6.45) is 21.7. The van der Waals surface area contributed by atoms with E-state index in [9.17, 15) is 0 Å². The minimum Gasteiger partial charge on any atom is -0.368 e. The van der Waals surface area contributed by atoms with Crippen molar-refractivity contribution >= 4 is 0 Å². The van der Waals surface area contributed by atoms with Crippen molar-refractivity contribution in [3.63, 3.8) is 0 Å². The largest absolute Gasteiger partial charge is 0.368 e. The van der Waals surface area contributed by atoms with Crippen molar-refractivity contribution in [1.29, 1.82) is 0 Å². The fraction of sp³-hybridized carbons (Fsp3) is 0.870. The lowest BCUT2D eigenvalue weighted by molar-refractivity contribution is -0.0466. The molecule has 0 aliphatic carbocycles. The molecule has 5 nitrogen and oxygen atoms in total. The van der Waals surface area contributed by atoms with E-state index in [0.29, 0.717) is 6.42 Å². The molecule has 1 aromatic heterocycles. The molecular formula is C23H45N3O2. The van der Waals surface area contributed by atoms with E-state index in [1.54, 1.807) is 0 Å². The third-order valence-electron chi connectivity index (χ3n) is 5.46. The molecule has 5 heteroatoms. The summed E-state index contributed by atoms with van der Waals surface area (Å²) in [5, 5.41) is 17.8. The Balaban J connectivity index is 2.14. The maximum Gasteiger partial charge on any atom is 0.151 e. The summed E-state index contributed by atoms with van der Waals surface area (Å²) in [6, 6.07) is 0. The van der Waals surface area contributed by atoms with E-state index < -0.39 is 6.29 Å². The van der Waals surface area contributed by atoms with Crippen LogP contribution >= 0.6 is 0 Å². The zero-order chi connectivity index (χ0) is 20.3. The van der Waals surface area contributed by atoms with E-state index in [1.165, 1.54) is 90.3 Å². The van der Waals surface area contributed by atoms with Gasteiger partial charge in [-0.3, -0.25) is 0 Å². The van der Waals surface area contributed by atoms with Crippen LogP contribution in [0.1, 0.15) is 96.8 Å². The van der Waals surface area contributed by atoms with Crippen molar-refractivity contribution in [3.05, 3.63) is 18.7 Å². The predicted molar refractivity (Wildman–Crippen MR) is 117 cm³/mol. The zero-order valence-electron chi connectivity index (χ0n) is 18.3. The first-order chi connectivity index (χ1) is 13.7. The summed E-state index contributed by atoms with van der Waals surface area (Å²) >= 11 is 0. The Bertz CT molecular complexity index is 423. The number of aliphatic hydroxyl groups is 2. The van der Waals surface area contributed by atoms with Crippen molar-refractivity contribution in [3.8, 4) is 0 Å². The lowest BCUT2D eigenvalue weighted by Gasteiger charge is -2.22. The number of imidazole rings is 1. The molecule has 0 unspecified atom stereocenters. The predicted octanol–water partition coefficient (Wildman–Crippen LogP) is 4.98. The molecule has 0 saturated carbocycles. The molecule has 0 amide bonds. The fourth-order valence-corrected chi connectivity index (χ4v) is 3.72. The molecular weight excluding hydrogens is 350 g/mol. The van der Waals surface area contributed by atoms with Crippen LogP contribution in [0.4, 0.5) is 0 Å². The van der Waals surface area contributed by atoms with Crippen LogP contribution in [0.25, 0.3) is 0 Å². The molecule has 0 fully saturated rings. The molecule has 0 aliphatic rings. The summed E-state index contributed by atoms with van der Waals surface area (Å²) in [5.41, 5.74) is 0. The highest BCUT2D eigenvalue weighted by Gasteiger charge is 2.05. The van der Waals surface area contributed by atoms with E-state index in [0.717, 1.165) is 19.4 Å². The lowest BCUT2D eigenvalue weighted by Crippen LogP contribution is -2.28. The highest BCUT2D eigenvalue weighted by molar-refractivity contribution is 4.74. The van der Waals surface area contributed by atoms with E-state index in [-0.39, 0.29) is 0 Å². The average molecular weight is 396 g/mol. The van der Waals surface area contributed by atoms with E-state index in [4.69, 9.17) is 10.2 Å². The van der Waals surface area contributed by atoms with Crippen molar-refractivity contribution in [1.82, 2.24) is 14.5 Å². The maximum absolute atomic E-state index is 8.89. The van der Waals surface area contributed by atoms with Crippen LogP contribution in [-0.4, -0.2) is 50.6 Å². The summed E-state index contributed by atoms with van der Waals surface area (Å²) < 4.78 is 2.17. The molecule has 0 atom stereocenters. The third-order valence-corrected chi connectivity index (χ3v) is 5.46. The molecule has 164 valence electrons. The van der Waals surface area contributed by atoms with Gasteiger partial charge in [-0.05, 0) is 51.7 Å². The first-order valence-corrected chi connectivity index (χ1v) is 11.8. The summed E-state index contributed by atoms with van der Waals surface area (Å²) in [4.78, 5) is 6.78. The highest BCUT2D eigenvalue weighted by atomic mass is 16.5. The first kappa shape index (κ1) is 25.1. The molecule has 0 aromatic carbocycles. The Morgan fingerprint density at radius 2 is 1.36 bits per heavy atom. The van der Waals surface area contributed by atoms with E-state index in [2.05, 4.69) is 21.4 Å². The van der Waals surface area contributed by atoms with Crippen LogP contribution in [0.5, 0.6) is 0 Å². The normalized spacial score (nSPS) is 11.8. The SMILES string of the molecule is CCCCCCCCCN(CCCCCCCC(O)O)CCCn1ccnc1. The summed E-state index contributed by atoms with van der Waals surface area (Å²) in [5.74, 6) is 0. The van der Waals surface area contributed by atoms with Crippen molar-refractivity contribution in [2.75, 3.05) is 19.6 Å². The van der Waals surface area contributed by atoms with Crippen LogP contribution in [-0.2, 0) is 6.54 Å². The van der Waals surface area contributed by atoms with Crippen molar-refractivity contribution in [2.24, 2.45) is 0 Å². The Kier molecular flexibility index (Phi) is 16.3. The molecule has 0 bridgehead atoms. The number of nitrogens with zero attached hydrogens (tertiary/aromatic N) is 3. The van der Waals surface area contributed by atoms with Gasteiger partial charge in [-0.25, -0.2) is 4.98 Å². The molecule has 28 heavy (non-hydrogen) atoms.